The van der Waals surface area contributed by atoms with Crippen molar-refractivity contribution in [2.75, 3.05) is 33.4 Å². The molecule has 0 saturated carbocycles. The molecule has 1 saturated heterocycles. The fourth-order valence-electron chi connectivity index (χ4n) is 2.91. The minimum absolute atomic E-state index is 0.0683. The molecule has 7 heteroatoms. The molecule has 7 nitrogen and oxygen atoms in total. The number of nitrogens with zero attached hydrogens (tertiary/aromatic N) is 1. The Morgan fingerprint density at radius 3 is 3.09 bits per heavy atom. The van der Waals surface area contributed by atoms with Crippen LogP contribution in [-0.2, 0) is 16.1 Å². The Bertz CT molecular complexity index is 605. The highest BCUT2D eigenvalue weighted by Gasteiger charge is 2.29. The number of piperazine rings is 1. The van der Waals surface area contributed by atoms with Crippen LogP contribution in [0.5, 0.6) is 11.5 Å². The van der Waals surface area contributed by atoms with Crippen molar-refractivity contribution in [3.63, 3.8) is 0 Å². The lowest BCUT2D eigenvalue weighted by atomic mass is 10.1. The van der Waals surface area contributed by atoms with Crippen LogP contribution in [0, 0.1) is 0 Å². The van der Waals surface area contributed by atoms with Crippen molar-refractivity contribution in [2.24, 2.45) is 0 Å². The molecule has 1 aromatic rings. The number of methoxy groups -OCH3 is 1. The number of hydrogen-bond acceptors (Lipinski definition) is 5. The van der Waals surface area contributed by atoms with E-state index in [1.54, 1.807) is 12.0 Å². The first-order valence-corrected chi connectivity index (χ1v) is 7.76. The highest BCUT2D eigenvalue weighted by Crippen LogP contribution is 2.33. The SMILES string of the molecule is COc1cccc2c1OCCCN(C(=O)[C@@H]1CNCC(=O)N1)C2. The van der Waals surface area contributed by atoms with Gasteiger partial charge in [0.15, 0.2) is 11.5 Å². The van der Waals surface area contributed by atoms with Crippen LogP contribution in [0.25, 0.3) is 0 Å². The third kappa shape index (κ3) is 3.39. The largest absolute Gasteiger partial charge is 0.493 e. The molecular weight excluding hydrogens is 298 g/mol. The minimum Gasteiger partial charge on any atom is -0.493 e. The monoisotopic (exact) mass is 319 g/mol. The smallest absolute Gasteiger partial charge is 0.246 e. The summed E-state index contributed by atoms with van der Waals surface area (Å²) in [5.74, 6) is 1.15. The summed E-state index contributed by atoms with van der Waals surface area (Å²) < 4.78 is 11.1. The molecule has 2 amide bonds. The fourth-order valence-corrected chi connectivity index (χ4v) is 2.91. The molecule has 2 aliphatic rings. The van der Waals surface area contributed by atoms with E-state index < -0.39 is 6.04 Å². The Morgan fingerprint density at radius 2 is 2.30 bits per heavy atom. The third-order valence-corrected chi connectivity index (χ3v) is 4.04. The van der Waals surface area contributed by atoms with E-state index in [9.17, 15) is 9.59 Å². The second-order valence-corrected chi connectivity index (χ2v) is 5.66. The molecule has 0 aromatic heterocycles. The first kappa shape index (κ1) is 15.6. The van der Waals surface area contributed by atoms with Crippen molar-refractivity contribution < 1.29 is 19.1 Å². The maximum absolute atomic E-state index is 12.7. The van der Waals surface area contributed by atoms with Crippen LogP contribution in [0.2, 0.25) is 0 Å². The molecule has 1 atom stereocenters. The Hall–Kier alpha value is -2.28. The standard InChI is InChI=1S/C16H21N3O4/c1-22-13-5-2-4-11-10-19(6-3-7-23-15(11)13)16(21)12-8-17-9-14(20)18-12/h2,4-5,12,17H,3,6-10H2,1H3,(H,18,20)/t12-/m0/s1. The molecular formula is C16H21N3O4. The number of amides is 2. The van der Waals surface area contributed by atoms with Crippen LogP contribution in [0.1, 0.15) is 12.0 Å². The molecule has 0 radical (unpaired) electrons. The zero-order valence-corrected chi connectivity index (χ0v) is 13.1. The first-order valence-electron chi connectivity index (χ1n) is 7.76. The van der Waals surface area contributed by atoms with E-state index in [0.29, 0.717) is 37.7 Å². The van der Waals surface area contributed by atoms with Crippen molar-refractivity contribution >= 4 is 11.8 Å². The summed E-state index contributed by atoms with van der Waals surface area (Å²) in [4.78, 5) is 26.0. The van der Waals surface area contributed by atoms with Crippen LogP contribution < -0.4 is 20.1 Å². The van der Waals surface area contributed by atoms with E-state index in [1.165, 1.54) is 0 Å². The van der Waals surface area contributed by atoms with Crippen molar-refractivity contribution in [3.8, 4) is 11.5 Å². The molecule has 0 unspecified atom stereocenters. The molecule has 2 aliphatic heterocycles. The Kier molecular flexibility index (Phi) is 4.66. The second kappa shape index (κ2) is 6.87. The zero-order valence-electron chi connectivity index (χ0n) is 13.1. The van der Waals surface area contributed by atoms with Gasteiger partial charge in [-0.15, -0.1) is 0 Å². The van der Waals surface area contributed by atoms with E-state index in [4.69, 9.17) is 9.47 Å². The van der Waals surface area contributed by atoms with Gasteiger partial charge in [-0.05, 0) is 12.5 Å². The number of nitrogens with one attached hydrogen (secondary N) is 2. The van der Waals surface area contributed by atoms with E-state index in [0.717, 1.165) is 12.0 Å². The van der Waals surface area contributed by atoms with E-state index >= 15 is 0 Å². The summed E-state index contributed by atoms with van der Waals surface area (Å²) in [6, 6.07) is 5.15. The number of hydrogen-bond donors (Lipinski definition) is 2. The Labute approximate surface area is 134 Å². The van der Waals surface area contributed by atoms with Gasteiger partial charge in [-0.2, -0.15) is 0 Å². The van der Waals surface area contributed by atoms with Crippen molar-refractivity contribution in [3.05, 3.63) is 23.8 Å². The number of fused-ring (bicyclic) bond motifs is 1. The number of ether oxygens (including phenoxy) is 2. The lowest BCUT2D eigenvalue weighted by Gasteiger charge is -2.32. The summed E-state index contributed by atoms with van der Waals surface area (Å²) in [7, 11) is 1.60. The molecule has 2 heterocycles. The van der Waals surface area contributed by atoms with Gasteiger partial charge in [0.2, 0.25) is 11.8 Å². The second-order valence-electron chi connectivity index (χ2n) is 5.66. The van der Waals surface area contributed by atoms with Gasteiger partial charge in [-0.1, -0.05) is 12.1 Å². The van der Waals surface area contributed by atoms with Gasteiger partial charge in [-0.25, -0.2) is 0 Å². The molecule has 2 N–H and O–H groups in total. The molecule has 1 fully saturated rings. The topological polar surface area (TPSA) is 79.9 Å². The lowest BCUT2D eigenvalue weighted by Crippen LogP contribution is -2.59. The van der Waals surface area contributed by atoms with E-state index in [2.05, 4.69) is 10.6 Å². The summed E-state index contributed by atoms with van der Waals surface area (Å²) in [5, 5.41) is 5.71. The summed E-state index contributed by atoms with van der Waals surface area (Å²) in [5.41, 5.74) is 0.910. The van der Waals surface area contributed by atoms with Gasteiger partial charge >= 0.3 is 0 Å². The molecule has 0 bridgehead atoms. The molecule has 1 aromatic carbocycles. The predicted molar refractivity (Wildman–Crippen MR) is 83.3 cm³/mol. The van der Waals surface area contributed by atoms with Crippen molar-refractivity contribution in [1.82, 2.24) is 15.5 Å². The first-order chi connectivity index (χ1) is 11.2. The maximum Gasteiger partial charge on any atom is 0.246 e. The fraction of sp³-hybridized carbons (Fsp3) is 0.500. The average molecular weight is 319 g/mol. The Balaban J connectivity index is 1.80. The maximum atomic E-state index is 12.7. The average Bonchev–Trinajstić information content (AvgIpc) is 2.54. The van der Waals surface area contributed by atoms with Gasteiger partial charge in [0.05, 0.1) is 20.3 Å². The summed E-state index contributed by atoms with van der Waals surface area (Å²) >= 11 is 0. The number of carbonyl (C=O) groups excluding carboxylic acids is 2. The van der Waals surface area contributed by atoms with Gasteiger partial charge in [0.25, 0.3) is 0 Å². The number of rotatable bonds is 2. The molecule has 124 valence electrons. The molecule has 23 heavy (non-hydrogen) atoms. The number of para-hydroxylation sites is 1. The van der Waals surface area contributed by atoms with Crippen LogP contribution in [-0.4, -0.2) is 56.1 Å². The highest BCUT2D eigenvalue weighted by atomic mass is 16.5. The van der Waals surface area contributed by atoms with Crippen molar-refractivity contribution in [1.29, 1.82) is 0 Å². The van der Waals surface area contributed by atoms with Gasteiger partial charge in [0.1, 0.15) is 6.04 Å². The predicted octanol–water partition coefficient (Wildman–Crippen LogP) is -0.106. The van der Waals surface area contributed by atoms with E-state index in [1.807, 2.05) is 18.2 Å². The van der Waals surface area contributed by atoms with E-state index in [-0.39, 0.29) is 18.4 Å². The van der Waals surface area contributed by atoms with Gasteiger partial charge < -0.3 is 25.0 Å². The molecule has 3 rings (SSSR count). The van der Waals surface area contributed by atoms with Gasteiger partial charge in [-0.3, -0.25) is 9.59 Å². The molecule has 0 aliphatic carbocycles. The highest BCUT2D eigenvalue weighted by molar-refractivity contribution is 5.89. The zero-order chi connectivity index (χ0) is 16.2. The molecule has 0 spiro atoms. The summed E-state index contributed by atoms with van der Waals surface area (Å²) in [6.45, 7) is 2.28. The minimum atomic E-state index is -0.509. The third-order valence-electron chi connectivity index (χ3n) is 4.04. The van der Waals surface area contributed by atoms with Gasteiger partial charge in [0, 0.05) is 25.2 Å². The Morgan fingerprint density at radius 1 is 1.43 bits per heavy atom. The number of carbonyl (C=O) groups is 2. The van der Waals surface area contributed by atoms with Crippen LogP contribution >= 0.6 is 0 Å². The normalized spacial score (nSPS) is 21.3. The van der Waals surface area contributed by atoms with Crippen LogP contribution in [0.15, 0.2) is 18.2 Å². The summed E-state index contributed by atoms with van der Waals surface area (Å²) in [6.07, 6.45) is 0.733. The number of benzene rings is 1. The lowest BCUT2D eigenvalue weighted by molar-refractivity contribution is -0.138. The van der Waals surface area contributed by atoms with Crippen LogP contribution in [0.4, 0.5) is 0 Å². The quantitative estimate of drug-likeness (QED) is 0.795. The van der Waals surface area contributed by atoms with Crippen LogP contribution in [0.3, 0.4) is 0 Å². The van der Waals surface area contributed by atoms with Crippen molar-refractivity contribution in [2.45, 2.75) is 19.0 Å².